The first-order valence-corrected chi connectivity index (χ1v) is 8.62. The Morgan fingerprint density at radius 3 is 3.05 bits per heavy atom. The topological polar surface area (TPSA) is 42.0 Å². The van der Waals surface area contributed by atoms with Crippen molar-refractivity contribution in [3.05, 3.63) is 41.2 Å². The molecule has 0 radical (unpaired) electrons. The van der Waals surface area contributed by atoms with E-state index in [4.69, 9.17) is 11.6 Å². The molecule has 3 nitrogen and oxygen atoms in total. The van der Waals surface area contributed by atoms with Crippen molar-refractivity contribution in [1.29, 1.82) is 0 Å². The molecule has 0 spiro atoms. The summed E-state index contributed by atoms with van der Waals surface area (Å²) in [5, 5.41) is 5.70. The van der Waals surface area contributed by atoms with Gasteiger partial charge in [0.15, 0.2) is 0 Å². The van der Waals surface area contributed by atoms with E-state index in [9.17, 15) is 4.79 Å². The molecule has 1 aliphatic heterocycles. The highest BCUT2D eigenvalue weighted by molar-refractivity contribution is 7.99. The zero-order valence-electron chi connectivity index (χ0n) is 11.6. The van der Waals surface area contributed by atoms with Crippen LogP contribution in [0.25, 0.3) is 10.8 Å². The first kappa shape index (κ1) is 14.7. The van der Waals surface area contributed by atoms with Crippen molar-refractivity contribution in [2.24, 2.45) is 0 Å². The summed E-state index contributed by atoms with van der Waals surface area (Å²) in [5.41, 5.74) is 0.388. The molecule has 0 bridgehead atoms. The number of amides is 1. The highest BCUT2D eigenvalue weighted by atomic mass is 35.5. The van der Waals surface area contributed by atoms with Crippen LogP contribution in [0.15, 0.2) is 30.3 Å². The van der Waals surface area contributed by atoms with E-state index in [1.165, 1.54) is 25.0 Å². The van der Waals surface area contributed by atoms with Crippen LogP contribution >= 0.6 is 23.4 Å². The predicted octanol–water partition coefficient (Wildman–Crippen LogP) is 3.90. The Bertz CT molecular complexity index is 656. The number of nitrogens with one attached hydrogen (secondary N) is 1. The van der Waals surface area contributed by atoms with Gasteiger partial charge in [0.2, 0.25) is 0 Å². The van der Waals surface area contributed by atoms with Crippen molar-refractivity contribution in [2.45, 2.75) is 24.5 Å². The molecule has 1 fully saturated rings. The van der Waals surface area contributed by atoms with Crippen molar-refractivity contribution in [2.75, 3.05) is 12.3 Å². The predicted molar refractivity (Wildman–Crippen MR) is 89.2 cm³/mol. The number of carbonyl (C=O) groups excluding carboxylic acids is 1. The number of aromatic nitrogens is 1. The quantitative estimate of drug-likeness (QED) is 0.872. The van der Waals surface area contributed by atoms with Gasteiger partial charge >= 0.3 is 0 Å². The summed E-state index contributed by atoms with van der Waals surface area (Å²) < 4.78 is 0. The highest BCUT2D eigenvalue weighted by Crippen LogP contribution is 2.25. The van der Waals surface area contributed by atoms with Crippen LogP contribution in [0.5, 0.6) is 0 Å². The van der Waals surface area contributed by atoms with Crippen molar-refractivity contribution < 1.29 is 4.79 Å². The fourth-order valence-corrected chi connectivity index (χ4v) is 4.04. The second-order valence-corrected chi connectivity index (χ2v) is 6.98. The van der Waals surface area contributed by atoms with Crippen LogP contribution in [-0.4, -0.2) is 28.4 Å². The Morgan fingerprint density at radius 1 is 1.38 bits per heavy atom. The lowest BCUT2D eigenvalue weighted by Gasteiger charge is -2.21. The molecule has 3 rings (SSSR count). The Morgan fingerprint density at radius 2 is 2.24 bits per heavy atom. The van der Waals surface area contributed by atoms with Crippen molar-refractivity contribution in [3.8, 4) is 0 Å². The smallest absolute Gasteiger partial charge is 0.270 e. The number of pyridine rings is 1. The van der Waals surface area contributed by atoms with Gasteiger partial charge < -0.3 is 5.32 Å². The highest BCUT2D eigenvalue weighted by Gasteiger charge is 2.16. The second-order valence-electron chi connectivity index (χ2n) is 5.22. The molecule has 0 aliphatic carbocycles. The lowest BCUT2D eigenvalue weighted by molar-refractivity contribution is 0.0948. The summed E-state index contributed by atoms with van der Waals surface area (Å²) in [4.78, 5) is 16.5. The summed E-state index contributed by atoms with van der Waals surface area (Å²) in [6, 6.07) is 9.49. The molecular formula is C16H17ClN2OS. The van der Waals surface area contributed by atoms with Crippen LogP contribution in [-0.2, 0) is 0 Å². The van der Waals surface area contributed by atoms with Gasteiger partial charge in [-0.3, -0.25) is 4.79 Å². The minimum atomic E-state index is -0.145. The summed E-state index contributed by atoms with van der Waals surface area (Å²) >= 11 is 8.10. The standard InChI is InChI=1S/C16H17ClN2OS/c17-15-13-7-2-1-5-11(13)9-14(19-15)16(20)18-10-12-6-3-4-8-21-12/h1-2,5,7,9,12H,3-4,6,8,10H2,(H,18,20). The molecule has 21 heavy (non-hydrogen) atoms. The molecule has 1 saturated heterocycles. The number of fused-ring (bicyclic) bond motifs is 1. The van der Waals surface area contributed by atoms with Gasteiger partial charge in [-0.1, -0.05) is 42.3 Å². The first-order valence-electron chi connectivity index (χ1n) is 7.19. The van der Waals surface area contributed by atoms with Gasteiger partial charge in [0.1, 0.15) is 10.8 Å². The van der Waals surface area contributed by atoms with Crippen LogP contribution in [0, 0.1) is 0 Å². The van der Waals surface area contributed by atoms with Gasteiger partial charge in [0, 0.05) is 17.2 Å². The number of rotatable bonds is 3. The SMILES string of the molecule is O=C(NCC1CCCCS1)c1cc2ccccc2c(Cl)n1. The van der Waals surface area contributed by atoms with Gasteiger partial charge in [-0.2, -0.15) is 11.8 Å². The summed E-state index contributed by atoms with van der Waals surface area (Å²) in [6.07, 6.45) is 3.72. The van der Waals surface area contributed by atoms with Crippen LogP contribution < -0.4 is 5.32 Å². The molecule has 1 aromatic carbocycles. The molecule has 1 N–H and O–H groups in total. The molecule has 2 heterocycles. The van der Waals surface area contributed by atoms with Crippen LogP contribution in [0.2, 0.25) is 5.15 Å². The van der Waals surface area contributed by atoms with E-state index in [-0.39, 0.29) is 5.91 Å². The maximum absolute atomic E-state index is 12.2. The van der Waals surface area contributed by atoms with E-state index < -0.39 is 0 Å². The Labute approximate surface area is 133 Å². The van der Waals surface area contributed by atoms with E-state index in [1.807, 2.05) is 36.0 Å². The van der Waals surface area contributed by atoms with Gasteiger partial charge in [0.05, 0.1) is 0 Å². The van der Waals surface area contributed by atoms with Gasteiger partial charge in [-0.05, 0) is 30.0 Å². The monoisotopic (exact) mass is 320 g/mol. The molecule has 1 aromatic heterocycles. The number of hydrogen-bond donors (Lipinski definition) is 1. The average Bonchev–Trinajstić information content (AvgIpc) is 2.53. The third kappa shape index (κ3) is 3.50. The molecular weight excluding hydrogens is 304 g/mol. The molecule has 1 aliphatic rings. The Balaban J connectivity index is 1.72. The van der Waals surface area contributed by atoms with E-state index in [2.05, 4.69) is 10.3 Å². The maximum Gasteiger partial charge on any atom is 0.270 e. The number of thioether (sulfide) groups is 1. The van der Waals surface area contributed by atoms with Crippen molar-refractivity contribution in [1.82, 2.24) is 10.3 Å². The van der Waals surface area contributed by atoms with E-state index in [0.717, 1.165) is 10.8 Å². The number of hydrogen-bond acceptors (Lipinski definition) is 3. The van der Waals surface area contributed by atoms with E-state index >= 15 is 0 Å². The molecule has 2 aromatic rings. The second kappa shape index (κ2) is 6.67. The van der Waals surface area contributed by atoms with E-state index in [1.54, 1.807) is 6.07 Å². The molecule has 1 unspecified atom stereocenters. The maximum atomic E-state index is 12.2. The van der Waals surface area contributed by atoms with E-state index in [0.29, 0.717) is 22.6 Å². The van der Waals surface area contributed by atoms with Crippen molar-refractivity contribution >= 4 is 40.0 Å². The summed E-state index contributed by atoms with van der Waals surface area (Å²) in [6.45, 7) is 0.704. The fraction of sp³-hybridized carbons (Fsp3) is 0.375. The third-order valence-electron chi connectivity index (χ3n) is 3.69. The lowest BCUT2D eigenvalue weighted by Crippen LogP contribution is -2.32. The minimum Gasteiger partial charge on any atom is -0.350 e. The fourth-order valence-electron chi connectivity index (χ4n) is 2.54. The number of carbonyl (C=O) groups is 1. The largest absolute Gasteiger partial charge is 0.350 e. The summed E-state index contributed by atoms with van der Waals surface area (Å²) in [5.74, 6) is 1.05. The van der Waals surface area contributed by atoms with Crippen LogP contribution in [0.1, 0.15) is 29.8 Å². The first-order chi connectivity index (χ1) is 10.2. The Hall–Kier alpha value is -1.26. The lowest BCUT2D eigenvalue weighted by atomic mass is 10.1. The molecule has 1 amide bonds. The van der Waals surface area contributed by atoms with Gasteiger partial charge in [-0.25, -0.2) is 4.98 Å². The average molecular weight is 321 g/mol. The molecule has 5 heteroatoms. The normalized spacial score (nSPS) is 18.6. The third-order valence-corrected chi connectivity index (χ3v) is 5.38. The van der Waals surface area contributed by atoms with Gasteiger partial charge in [0.25, 0.3) is 5.91 Å². The van der Waals surface area contributed by atoms with Crippen LogP contribution in [0.4, 0.5) is 0 Å². The number of benzene rings is 1. The van der Waals surface area contributed by atoms with Crippen LogP contribution in [0.3, 0.4) is 0 Å². The minimum absolute atomic E-state index is 0.145. The molecule has 1 atom stereocenters. The Kier molecular flexibility index (Phi) is 4.66. The number of halogens is 1. The zero-order chi connectivity index (χ0) is 14.7. The zero-order valence-corrected chi connectivity index (χ0v) is 13.2. The van der Waals surface area contributed by atoms with Gasteiger partial charge in [-0.15, -0.1) is 0 Å². The molecule has 0 saturated carbocycles. The van der Waals surface area contributed by atoms with Crippen molar-refractivity contribution in [3.63, 3.8) is 0 Å². The number of nitrogens with zero attached hydrogens (tertiary/aromatic N) is 1. The summed E-state index contributed by atoms with van der Waals surface area (Å²) in [7, 11) is 0. The molecule has 110 valence electrons.